The third-order valence-electron chi connectivity index (χ3n) is 5.58. The van der Waals surface area contributed by atoms with Crippen molar-refractivity contribution in [2.45, 2.75) is 12.5 Å². The maximum atomic E-state index is 13.6. The minimum absolute atomic E-state index is 0.0991. The summed E-state index contributed by atoms with van der Waals surface area (Å²) in [4.78, 5) is 23.2. The molecule has 1 aliphatic rings. The molecule has 0 spiro atoms. The Balaban J connectivity index is 1.50. The van der Waals surface area contributed by atoms with E-state index in [2.05, 4.69) is 15.1 Å². The summed E-state index contributed by atoms with van der Waals surface area (Å²) in [5.74, 6) is -0.0991. The number of imidazole rings is 1. The van der Waals surface area contributed by atoms with Gasteiger partial charge in [0, 0.05) is 24.9 Å². The summed E-state index contributed by atoms with van der Waals surface area (Å²) >= 11 is 6.32. The average molecular weight is 418 g/mol. The van der Waals surface area contributed by atoms with Gasteiger partial charge in [-0.15, -0.1) is 0 Å². The predicted molar refractivity (Wildman–Crippen MR) is 111 cm³/mol. The summed E-state index contributed by atoms with van der Waals surface area (Å²) in [6.07, 6.45) is 5.82. The van der Waals surface area contributed by atoms with Gasteiger partial charge in [-0.2, -0.15) is 10.2 Å². The van der Waals surface area contributed by atoms with Crippen molar-refractivity contribution in [2.75, 3.05) is 6.54 Å². The smallest absolute Gasteiger partial charge is 0.258 e. The van der Waals surface area contributed by atoms with Crippen molar-refractivity contribution in [2.24, 2.45) is 0 Å². The molecule has 1 amide bonds. The molecule has 1 atom stereocenters. The second-order valence-electron chi connectivity index (χ2n) is 7.26. The normalized spacial score (nSPS) is 16.3. The topological polar surface area (TPSA) is 83.6 Å². The first kappa shape index (κ1) is 17.2. The SMILES string of the molecule is O=C(c1cnn2ccccc12)N1CCc2[nH]cnc2C1c1cc2cccc(Cl)n2n1. The van der Waals surface area contributed by atoms with Crippen LogP contribution in [0.3, 0.4) is 0 Å². The van der Waals surface area contributed by atoms with Crippen LogP contribution in [0.2, 0.25) is 5.15 Å². The first-order valence-electron chi connectivity index (χ1n) is 9.60. The van der Waals surface area contributed by atoms with E-state index in [0.717, 1.165) is 28.1 Å². The van der Waals surface area contributed by atoms with E-state index in [4.69, 9.17) is 16.7 Å². The maximum Gasteiger partial charge on any atom is 0.258 e. The number of aromatic amines is 1. The summed E-state index contributed by atoms with van der Waals surface area (Å²) in [5.41, 5.74) is 4.75. The van der Waals surface area contributed by atoms with Crippen LogP contribution in [0.1, 0.15) is 33.5 Å². The highest BCUT2D eigenvalue weighted by molar-refractivity contribution is 6.29. The van der Waals surface area contributed by atoms with Crippen LogP contribution in [-0.2, 0) is 6.42 Å². The van der Waals surface area contributed by atoms with Gasteiger partial charge in [-0.1, -0.05) is 23.7 Å². The van der Waals surface area contributed by atoms with E-state index in [0.29, 0.717) is 23.7 Å². The largest absolute Gasteiger partial charge is 0.348 e. The Labute approximate surface area is 175 Å². The van der Waals surface area contributed by atoms with Gasteiger partial charge in [-0.25, -0.2) is 14.0 Å². The first-order chi connectivity index (χ1) is 14.7. The fourth-order valence-electron chi connectivity index (χ4n) is 4.18. The quantitative estimate of drug-likeness (QED) is 0.447. The molecule has 6 rings (SSSR count). The third kappa shape index (κ3) is 2.47. The third-order valence-corrected chi connectivity index (χ3v) is 5.87. The molecular weight excluding hydrogens is 402 g/mol. The van der Waals surface area contributed by atoms with E-state index in [-0.39, 0.29) is 5.91 Å². The highest BCUT2D eigenvalue weighted by Gasteiger charge is 2.37. The van der Waals surface area contributed by atoms with Gasteiger partial charge >= 0.3 is 0 Å². The van der Waals surface area contributed by atoms with Gasteiger partial charge in [0.2, 0.25) is 0 Å². The van der Waals surface area contributed by atoms with Gasteiger partial charge in [0.1, 0.15) is 11.2 Å². The molecule has 0 aromatic carbocycles. The van der Waals surface area contributed by atoms with Crippen LogP contribution in [0, 0.1) is 0 Å². The van der Waals surface area contributed by atoms with Crippen LogP contribution in [-0.4, -0.2) is 46.5 Å². The number of hydrogen-bond donors (Lipinski definition) is 1. The molecule has 0 bridgehead atoms. The standard InChI is InChI=1S/C21H16ClN7O/c22-18-6-3-4-13-10-16(26-29(13)18)20-19-15(23-12-24-19)7-9-27(20)21(30)14-11-25-28-8-2-1-5-17(14)28/h1-6,8,10-12,20H,7,9H2,(H,23,24). The lowest BCUT2D eigenvalue weighted by atomic mass is 9.98. The van der Waals surface area contributed by atoms with E-state index >= 15 is 0 Å². The molecule has 6 heterocycles. The number of rotatable bonds is 2. The Morgan fingerprint density at radius 3 is 3.03 bits per heavy atom. The molecule has 148 valence electrons. The average Bonchev–Trinajstić information content (AvgIpc) is 3.50. The molecule has 0 radical (unpaired) electrons. The van der Waals surface area contributed by atoms with E-state index < -0.39 is 6.04 Å². The Bertz CT molecular complexity index is 1420. The lowest BCUT2D eigenvalue weighted by molar-refractivity contribution is 0.0689. The highest BCUT2D eigenvalue weighted by Crippen LogP contribution is 2.35. The molecule has 1 aliphatic heterocycles. The Morgan fingerprint density at radius 1 is 1.20 bits per heavy atom. The van der Waals surface area contributed by atoms with Crippen molar-refractivity contribution < 1.29 is 4.79 Å². The predicted octanol–water partition coefficient (Wildman–Crippen LogP) is 3.15. The van der Waals surface area contributed by atoms with Gasteiger partial charge in [-0.3, -0.25) is 4.79 Å². The van der Waals surface area contributed by atoms with E-state index in [1.807, 2.05) is 47.5 Å². The zero-order valence-corrected chi connectivity index (χ0v) is 16.5. The fraction of sp³-hybridized carbons (Fsp3) is 0.143. The van der Waals surface area contributed by atoms with Crippen LogP contribution < -0.4 is 0 Å². The molecule has 9 heteroatoms. The first-order valence-corrected chi connectivity index (χ1v) is 9.98. The Kier molecular flexibility index (Phi) is 3.69. The van der Waals surface area contributed by atoms with Crippen molar-refractivity contribution >= 4 is 28.5 Å². The lowest BCUT2D eigenvalue weighted by Crippen LogP contribution is -2.41. The molecule has 5 aromatic heterocycles. The Morgan fingerprint density at radius 2 is 2.13 bits per heavy atom. The van der Waals surface area contributed by atoms with Crippen LogP contribution in [0.15, 0.2) is 61.2 Å². The minimum atomic E-state index is -0.415. The number of halogens is 1. The lowest BCUT2D eigenvalue weighted by Gasteiger charge is -2.33. The number of aromatic nitrogens is 6. The molecule has 0 saturated heterocycles. The summed E-state index contributed by atoms with van der Waals surface area (Å²) in [6.45, 7) is 0.546. The van der Waals surface area contributed by atoms with Crippen LogP contribution in [0.5, 0.6) is 0 Å². The van der Waals surface area contributed by atoms with Crippen molar-refractivity contribution in [3.63, 3.8) is 0 Å². The van der Waals surface area contributed by atoms with Crippen molar-refractivity contribution in [3.05, 3.63) is 89.0 Å². The van der Waals surface area contributed by atoms with Crippen LogP contribution >= 0.6 is 11.6 Å². The van der Waals surface area contributed by atoms with E-state index in [9.17, 15) is 4.79 Å². The molecule has 30 heavy (non-hydrogen) atoms. The van der Waals surface area contributed by atoms with Crippen molar-refractivity contribution in [3.8, 4) is 0 Å². The number of hydrogen-bond acceptors (Lipinski definition) is 4. The number of fused-ring (bicyclic) bond motifs is 3. The molecule has 1 N–H and O–H groups in total. The summed E-state index contributed by atoms with van der Waals surface area (Å²) in [5, 5.41) is 9.54. The number of H-pyrrole nitrogens is 1. The monoisotopic (exact) mass is 417 g/mol. The van der Waals surface area contributed by atoms with Crippen molar-refractivity contribution in [1.29, 1.82) is 0 Å². The number of carbonyl (C=O) groups excluding carboxylic acids is 1. The highest BCUT2D eigenvalue weighted by atomic mass is 35.5. The number of carbonyl (C=O) groups is 1. The van der Waals surface area contributed by atoms with Crippen molar-refractivity contribution in [1.82, 2.24) is 34.1 Å². The maximum absolute atomic E-state index is 13.6. The summed E-state index contributed by atoms with van der Waals surface area (Å²) < 4.78 is 3.38. The number of nitrogens with one attached hydrogen (secondary N) is 1. The van der Waals surface area contributed by atoms with E-state index in [1.165, 1.54) is 0 Å². The molecule has 0 fully saturated rings. The summed E-state index contributed by atoms with van der Waals surface area (Å²) in [7, 11) is 0. The summed E-state index contributed by atoms with van der Waals surface area (Å²) in [6, 6.07) is 12.8. The molecule has 0 aliphatic carbocycles. The number of nitrogens with zero attached hydrogens (tertiary/aromatic N) is 6. The van der Waals surface area contributed by atoms with E-state index in [1.54, 1.807) is 27.6 Å². The number of amides is 1. The fourth-order valence-corrected chi connectivity index (χ4v) is 4.39. The zero-order valence-electron chi connectivity index (χ0n) is 15.7. The molecule has 8 nitrogen and oxygen atoms in total. The number of pyridine rings is 2. The van der Waals surface area contributed by atoms with Gasteiger partial charge in [0.25, 0.3) is 5.91 Å². The van der Waals surface area contributed by atoms with Gasteiger partial charge in [-0.05, 0) is 30.3 Å². The van der Waals surface area contributed by atoms with Gasteiger partial charge in [0.05, 0.1) is 40.5 Å². The Hall–Kier alpha value is -3.65. The van der Waals surface area contributed by atoms with Crippen LogP contribution in [0.25, 0.3) is 11.0 Å². The molecule has 0 saturated carbocycles. The zero-order chi connectivity index (χ0) is 20.2. The molecule has 5 aromatic rings. The molecular formula is C21H16ClN7O. The molecule has 1 unspecified atom stereocenters. The van der Waals surface area contributed by atoms with Crippen LogP contribution in [0.4, 0.5) is 0 Å². The second kappa shape index (κ2) is 6.43. The minimum Gasteiger partial charge on any atom is -0.348 e. The van der Waals surface area contributed by atoms with Gasteiger partial charge in [0.15, 0.2) is 0 Å². The van der Waals surface area contributed by atoms with Gasteiger partial charge < -0.3 is 9.88 Å². The second-order valence-corrected chi connectivity index (χ2v) is 7.65.